The van der Waals surface area contributed by atoms with Crippen LogP contribution >= 0.6 is 0 Å². The molecule has 0 aliphatic rings. The van der Waals surface area contributed by atoms with E-state index in [4.69, 9.17) is 0 Å². The average molecular weight is 453 g/mol. The molecular formula is C26H60O3S. The van der Waals surface area contributed by atoms with Gasteiger partial charge in [-0.3, -0.25) is 4.55 Å². The van der Waals surface area contributed by atoms with Gasteiger partial charge in [-0.15, -0.1) is 0 Å². The maximum absolute atomic E-state index is 11.6. The lowest BCUT2D eigenvalue weighted by molar-refractivity contribution is 0.442. The van der Waals surface area contributed by atoms with E-state index in [1.165, 1.54) is 89.9 Å². The minimum Gasteiger partial charge on any atom is -0.285 e. The second-order valence-electron chi connectivity index (χ2n) is 8.37. The molecule has 0 unspecified atom stereocenters. The number of unbranched alkanes of at least 4 members (excludes halogenated alkanes) is 16. The number of rotatable bonds is 21. The summed E-state index contributed by atoms with van der Waals surface area (Å²) in [7, 11) is -3.88. The minimum atomic E-state index is -3.88. The monoisotopic (exact) mass is 452 g/mol. The van der Waals surface area contributed by atoms with Crippen molar-refractivity contribution in [3.63, 3.8) is 0 Å². The third kappa shape index (κ3) is 25.9. The molecule has 0 heterocycles. The first-order valence-electron chi connectivity index (χ1n) is 12.0. The number of hydrogen-bond acceptors (Lipinski definition) is 2. The molecule has 30 heavy (non-hydrogen) atoms. The van der Waals surface area contributed by atoms with Crippen LogP contribution in [0.3, 0.4) is 0 Å². The van der Waals surface area contributed by atoms with Crippen molar-refractivity contribution in [3.8, 4) is 0 Å². The quantitative estimate of drug-likeness (QED) is 0.139. The van der Waals surface area contributed by atoms with Gasteiger partial charge in [0.25, 0.3) is 10.1 Å². The molecule has 0 aromatic rings. The smallest absolute Gasteiger partial charge is 0.267 e. The van der Waals surface area contributed by atoms with Crippen molar-refractivity contribution in [2.45, 2.75) is 170 Å². The van der Waals surface area contributed by atoms with Gasteiger partial charge in [0.05, 0.1) is 5.25 Å². The Morgan fingerprint density at radius 3 is 0.967 bits per heavy atom. The van der Waals surface area contributed by atoms with E-state index in [1.54, 1.807) is 0 Å². The van der Waals surface area contributed by atoms with Crippen LogP contribution in [0.2, 0.25) is 0 Å². The fraction of sp³-hybridized carbons (Fsp3) is 1.00. The van der Waals surface area contributed by atoms with Crippen molar-refractivity contribution in [1.29, 1.82) is 0 Å². The van der Waals surface area contributed by atoms with Crippen molar-refractivity contribution in [2.24, 2.45) is 0 Å². The van der Waals surface area contributed by atoms with Crippen LogP contribution in [0.15, 0.2) is 0 Å². The van der Waals surface area contributed by atoms with Crippen LogP contribution in [0, 0.1) is 0 Å². The van der Waals surface area contributed by atoms with E-state index < -0.39 is 15.4 Å². The number of hydrogen-bond donors (Lipinski definition) is 1. The van der Waals surface area contributed by atoms with Crippen LogP contribution in [-0.4, -0.2) is 18.2 Å². The average Bonchev–Trinajstić information content (AvgIpc) is 2.62. The molecule has 0 rings (SSSR count). The molecule has 0 fully saturated rings. The summed E-state index contributed by atoms with van der Waals surface area (Å²) in [5, 5.41) is -0.536. The van der Waals surface area contributed by atoms with E-state index in [0.717, 1.165) is 25.7 Å². The minimum absolute atomic E-state index is 0. The fourth-order valence-electron chi connectivity index (χ4n) is 3.81. The molecule has 1 N–H and O–H groups in total. The molecule has 4 heteroatoms. The molecule has 0 radical (unpaired) electrons. The maximum atomic E-state index is 11.6. The highest BCUT2D eigenvalue weighted by Gasteiger charge is 2.21. The Kier molecular flexibility index (Phi) is 33.4. The summed E-state index contributed by atoms with van der Waals surface area (Å²) >= 11 is 0. The first kappa shape index (κ1) is 37.2. The zero-order valence-electron chi connectivity index (χ0n) is 18.4. The molecule has 3 nitrogen and oxygen atoms in total. The second kappa shape index (κ2) is 26.9. The van der Waals surface area contributed by atoms with Gasteiger partial charge in [-0.1, -0.05) is 152 Å². The van der Waals surface area contributed by atoms with Gasteiger partial charge in [0.15, 0.2) is 0 Å². The summed E-state index contributed by atoms with van der Waals surface area (Å²) in [5.74, 6) is 0. The topological polar surface area (TPSA) is 54.4 Å². The zero-order valence-corrected chi connectivity index (χ0v) is 19.2. The lowest BCUT2D eigenvalue weighted by Crippen LogP contribution is -2.20. The largest absolute Gasteiger partial charge is 0.285 e. The van der Waals surface area contributed by atoms with E-state index in [2.05, 4.69) is 13.8 Å². The highest BCUT2D eigenvalue weighted by atomic mass is 32.2. The SMILES string of the molecule is C.C.C.CCCCCCCCCCCC(CCCCCCCCCCC)S(=O)(=O)O. The molecule has 0 atom stereocenters. The third-order valence-corrected chi connectivity index (χ3v) is 6.99. The van der Waals surface area contributed by atoms with Crippen LogP contribution < -0.4 is 0 Å². The van der Waals surface area contributed by atoms with Gasteiger partial charge in [0.1, 0.15) is 0 Å². The molecular weight excluding hydrogens is 392 g/mol. The standard InChI is InChI=1S/C23H48O3S.3CH4/c1-3-5-7-9-11-13-15-17-19-21-23(27(24,25)26)22-20-18-16-14-12-10-8-6-4-2;;;/h23H,3-22H2,1-2H3,(H,24,25,26);3*1H4. The summed E-state index contributed by atoms with van der Waals surface area (Å²) in [6, 6.07) is 0. The zero-order chi connectivity index (χ0) is 20.2. The first-order chi connectivity index (χ1) is 13.0. The predicted molar refractivity (Wildman–Crippen MR) is 139 cm³/mol. The Bertz CT molecular complexity index is 371. The van der Waals surface area contributed by atoms with Gasteiger partial charge in [0.2, 0.25) is 0 Å². The van der Waals surface area contributed by atoms with Gasteiger partial charge in [0, 0.05) is 0 Å². The fourth-order valence-corrected chi connectivity index (χ4v) is 4.74. The molecule has 0 spiro atoms. The van der Waals surface area contributed by atoms with Crippen LogP contribution in [0.1, 0.15) is 165 Å². The summed E-state index contributed by atoms with van der Waals surface area (Å²) in [6.07, 6.45) is 23.5. The first-order valence-corrected chi connectivity index (χ1v) is 13.5. The van der Waals surface area contributed by atoms with E-state index in [-0.39, 0.29) is 22.3 Å². The predicted octanol–water partition coefficient (Wildman–Crippen LogP) is 9.99. The van der Waals surface area contributed by atoms with Crippen molar-refractivity contribution in [2.75, 3.05) is 0 Å². The highest BCUT2D eigenvalue weighted by Crippen LogP contribution is 2.19. The molecule has 0 aromatic carbocycles. The third-order valence-electron chi connectivity index (χ3n) is 5.68. The van der Waals surface area contributed by atoms with Gasteiger partial charge >= 0.3 is 0 Å². The van der Waals surface area contributed by atoms with Crippen molar-refractivity contribution < 1.29 is 13.0 Å². The van der Waals surface area contributed by atoms with Crippen molar-refractivity contribution >= 4 is 10.1 Å². The Morgan fingerprint density at radius 1 is 0.500 bits per heavy atom. The van der Waals surface area contributed by atoms with Gasteiger partial charge < -0.3 is 0 Å². The molecule has 0 aliphatic heterocycles. The highest BCUT2D eigenvalue weighted by molar-refractivity contribution is 7.86. The van der Waals surface area contributed by atoms with Crippen LogP contribution in [0.25, 0.3) is 0 Å². The second-order valence-corrected chi connectivity index (χ2v) is 10.1. The van der Waals surface area contributed by atoms with Gasteiger partial charge in [-0.05, 0) is 12.8 Å². The Labute approximate surface area is 193 Å². The Morgan fingerprint density at radius 2 is 0.733 bits per heavy atom. The van der Waals surface area contributed by atoms with Crippen molar-refractivity contribution in [1.82, 2.24) is 0 Å². The Balaban J connectivity index is -0.00000113. The van der Waals surface area contributed by atoms with Crippen LogP contribution in [-0.2, 0) is 10.1 Å². The van der Waals surface area contributed by atoms with Crippen LogP contribution in [0.5, 0.6) is 0 Å². The van der Waals surface area contributed by atoms with Crippen LogP contribution in [0.4, 0.5) is 0 Å². The lowest BCUT2D eigenvalue weighted by atomic mass is 10.0. The molecule has 0 saturated carbocycles. The molecule has 0 aliphatic carbocycles. The Hall–Kier alpha value is -0.0900. The van der Waals surface area contributed by atoms with E-state index in [1.807, 2.05) is 0 Å². The summed E-state index contributed by atoms with van der Waals surface area (Å²) in [6.45, 7) is 4.47. The molecule has 188 valence electrons. The van der Waals surface area contributed by atoms with E-state index in [0.29, 0.717) is 12.8 Å². The van der Waals surface area contributed by atoms with E-state index in [9.17, 15) is 13.0 Å². The van der Waals surface area contributed by atoms with Gasteiger partial charge in [-0.2, -0.15) is 8.42 Å². The van der Waals surface area contributed by atoms with Gasteiger partial charge in [-0.25, -0.2) is 0 Å². The molecule has 0 aromatic heterocycles. The lowest BCUT2D eigenvalue weighted by Gasteiger charge is -2.13. The maximum Gasteiger partial charge on any atom is 0.267 e. The molecule has 0 bridgehead atoms. The molecule has 0 saturated heterocycles. The summed E-state index contributed by atoms with van der Waals surface area (Å²) in [5.41, 5.74) is 0. The summed E-state index contributed by atoms with van der Waals surface area (Å²) < 4.78 is 32.7. The normalized spacial score (nSPS) is 10.9. The summed E-state index contributed by atoms with van der Waals surface area (Å²) in [4.78, 5) is 0. The molecule has 0 amide bonds. The van der Waals surface area contributed by atoms with E-state index >= 15 is 0 Å². The van der Waals surface area contributed by atoms with Crippen molar-refractivity contribution in [3.05, 3.63) is 0 Å².